The molecule has 0 spiro atoms. The van der Waals surface area contributed by atoms with Gasteiger partial charge in [-0.1, -0.05) is 68.2 Å². The third-order valence-electron chi connectivity index (χ3n) is 12.5. The average Bonchev–Trinajstić information content (AvgIpc) is 3.77. The predicted octanol–water partition coefficient (Wildman–Crippen LogP) is 7.60. The van der Waals surface area contributed by atoms with Crippen molar-refractivity contribution in [2.24, 2.45) is 52.8 Å². The second-order valence-corrected chi connectivity index (χ2v) is 16.7. The Morgan fingerprint density at radius 1 is 0.711 bits per heavy atom. The van der Waals surface area contributed by atoms with Crippen molar-refractivity contribution in [3.05, 3.63) is 0 Å². The highest BCUT2D eigenvalue weighted by molar-refractivity contribution is 5.82. The summed E-state index contributed by atoms with van der Waals surface area (Å²) in [6.45, 7) is 18.4. The smallest absolute Gasteiger partial charge is 0.407 e. The maximum Gasteiger partial charge on any atom is 0.407 e. The van der Waals surface area contributed by atoms with Gasteiger partial charge < -0.3 is 25.4 Å². The van der Waals surface area contributed by atoms with Crippen LogP contribution in [0.1, 0.15) is 130 Å². The van der Waals surface area contributed by atoms with E-state index in [4.69, 9.17) is 4.74 Å². The summed E-state index contributed by atoms with van der Waals surface area (Å²) in [6.07, 6.45) is 11.4. The number of carbonyl (C=O) groups is 3. The van der Waals surface area contributed by atoms with Gasteiger partial charge in [-0.2, -0.15) is 0 Å². The Balaban J connectivity index is 0.000000434. The van der Waals surface area contributed by atoms with E-state index in [0.29, 0.717) is 46.8 Å². The van der Waals surface area contributed by atoms with E-state index in [9.17, 15) is 14.4 Å². The molecule has 7 rings (SSSR count). The number of methoxy groups -OCH3 is 2. The zero-order valence-electron chi connectivity index (χ0n) is 30.1. The largest absolute Gasteiger partial charge is 0.453 e. The van der Waals surface area contributed by atoms with Crippen molar-refractivity contribution in [1.82, 2.24) is 16.0 Å². The van der Waals surface area contributed by atoms with Crippen LogP contribution in [0.2, 0.25) is 0 Å². The maximum absolute atomic E-state index is 12.9. The minimum atomic E-state index is -0.370. The molecule has 3 N–H and O–H groups in total. The number of carbonyl (C=O) groups excluding carboxylic acids is 3. The molecule has 0 unspecified atom stereocenters. The van der Waals surface area contributed by atoms with Crippen LogP contribution in [0.15, 0.2) is 0 Å². The van der Waals surface area contributed by atoms with E-state index in [1.165, 1.54) is 26.4 Å². The van der Waals surface area contributed by atoms with E-state index in [1.54, 1.807) is 7.11 Å². The second-order valence-electron chi connectivity index (χ2n) is 16.7. The van der Waals surface area contributed by atoms with Crippen LogP contribution in [0.25, 0.3) is 0 Å². The van der Waals surface area contributed by atoms with E-state index in [0.717, 1.165) is 58.0 Å². The minimum Gasteiger partial charge on any atom is -0.453 e. The van der Waals surface area contributed by atoms with Crippen molar-refractivity contribution >= 4 is 17.9 Å². The summed E-state index contributed by atoms with van der Waals surface area (Å²) >= 11 is 0. The Labute approximate surface area is 278 Å². The molecule has 0 heterocycles. The van der Waals surface area contributed by atoms with Gasteiger partial charge in [0.1, 0.15) is 0 Å². The number of fused-ring (bicyclic) bond motifs is 1. The summed E-state index contributed by atoms with van der Waals surface area (Å²) in [6, 6.07) is 0. The van der Waals surface area contributed by atoms with Crippen LogP contribution in [0.4, 0.5) is 4.79 Å². The first-order chi connectivity index (χ1) is 21.2. The van der Waals surface area contributed by atoms with Crippen LogP contribution in [-0.4, -0.2) is 55.4 Å². The Hall–Kier alpha value is -1.83. The van der Waals surface area contributed by atoms with E-state index in [-0.39, 0.29) is 44.7 Å². The number of alkyl carbamates (subject to hydrolysis) is 1. The fourth-order valence-electron chi connectivity index (χ4n) is 9.76. The molecule has 7 aliphatic rings. The highest BCUT2D eigenvalue weighted by Gasteiger charge is 2.84. The topological polar surface area (TPSA) is 106 Å². The number of nitrogens with one attached hydrogen (secondary N) is 3. The Kier molecular flexibility index (Phi) is 11.0. The first-order valence-corrected chi connectivity index (χ1v) is 18.2. The Morgan fingerprint density at radius 3 is 1.58 bits per heavy atom. The SMILES string of the molecule is CC.COC(=O)NC12CC(NC(=O)[C@@H]3C[C@H](C)CC[C@H]3C(C)C)(C1)C2.COCC12CC1(NC(=O)[C@@H]1C[C@H](C)CC[C@H]1C(C)C)C2.[HH].[HH].[HH]. The van der Waals surface area contributed by atoms with Crippen molar-refractivity contribution in [2.75, 3.05) is 20.8 Å². The first-order valence-electron chi connectivity index (χ1n) is 18.2. The monoisotopic (exact) mass is 638 g/mol. The summed E-state index contributed by atoms with van der Waals surface area (Å²) in [5.41, 5.74) is 0.241. The first kappa shape index (κ1) is 36.0. The van der Waals surface area contributed by atoms with Crippen LogP contribution < -0.4 is 16.0 Å². The van der Waals surface area contributed by atoms with Gasteiger partial charge in [-0.25, -0.2) is 4.79 Å². The van der Waals surface area contributed by atoms with E-state index in [1.807, 2.05) is 13.8 Å². The van der Waals surface area contributed by atoms with Crippen molar-refractivity contribution in [1.29, 1.82) is 0 Å². The molecule has 0 radical (unpaired) electrons. The van der Waals surface area contributed by atoms with Crippen LogP contribution in [0, 0.1) is 52.8 Å². The molecule has 0 saturated heterocycles. The van der Waals surface area contributed by atoms with Gasteiger partial charge in [0.05, 0.1) is 19.3 Å². The van der Waals surface area contributed by atoms with Gasteiger partial charge in [-0.15, -0.1) is 0 Å². The molecule has 0 aromatic carbocycles. The van der Waals surface area contributed by atoms with Crippen molar-refractivity contribution < 1.29 is 28.1 Å². The molecule has 7 aliphatic carbocycles. The highest BCUT2D eigenvalue weighted by Crippen LogP contribution is 2.78. The van der Waals surface area contributed by atoms with Crippen LogP contribution in [0.5, 0.6) is 0 Å². The lowest BCUT2D eigenvalue weighted by molar-refractivity contribution is -0.147. The summed E-state index contributed by atoms with van der Waals surface area (Å²) in [7, 11) is 3.14. The molecule has 45 heavy (non-hydrogen) atoms. The average molecular weight is 638 g/mol. The van der Waals surface area contributed by atoms with Gasteiger partial charge in [-0.3, -0.25) is 9.59 Å². The summed E-state index contributed by atoms with van der Waals surface area (Å²) in [5, 5.41) is 9.61. The molecule has 7 fully saturated rings. The number of hydrogen-bond donors (Lipinski definition) is 3. The highest BCUT2D eigenvalue weighted by atomic mass is 16.5. The van der Waals surface area contributed by atoms with Gasteiger partial charge in [0.2, 0.25) is 11.8 Å². The molecule has 6 atom stereocenters. The molecule has 0 aliphatic heterocycles. The lowest BCUT2D eigenvalue weighted by Crippen LogP contribution is -2.84. The minimum absolute atomic E-state index is 0. The zero-order chi connectivity index (χ0) is 33.4. The fraction of sp³-hybridized carbons (Fsp3) is 0.919. The third kappa shape index (κ3) is 7.36. The molecule has 0 aromatic rings. The van der Waals surface area contributed by atoms with Crippen LogP contribution >= 0.6 is 0 Å². The molecular weight excluding hydrogens is 566 g/mol. The maximum atomic E-state index is 12.9. The molecule has 3 amide bonds. The zero-order valence-corrected chi connectivity index (χ0v) is 30.1. The Morgan fingerprint density at radius 2 is 1.16 bits per heavy atom. The summed E-state index contributed by atoms with van der Waals surface area (Å²) < 4.78 is 9.96. The molecule has 0 aromatic heterocycles. The lowest BCUT2D eigenvalue weighted by Gasteiger charge is -2.70. The summed E-state index contributed by atoms with van der Waals surface area (Å²) in [5.74, 6) is 4.51. The van der Waals surface area contributed by atoms with Crippen molar-refractivity contribution in [2.45, 2.75) is 143 Å². The number of ether oxygens (including phenoxy) is 2. The van der Waals surface area contributed by atoms with Gasteiger partial charge in [0, 0.05) is 39.7 Å². The number of amides is 3. The fourth-order valence-corrected chi connectivity index (χ4v) is 9.76. The molecular formula is C37H71N3O5. The molecule has 7 saturated carbocycles. The molecule has 8 nitrogen and oxygen atoms in total. The van der Waals surface area contributed by atoms with Gasteiger partial charge in [0.15, 0.2) is 0 Å². The van der Waals surface area contributed by atoms with Gasteiger partial charge >= 0.3 is 6.09 Å². The molecule has 2 bridgehead atoms. The van der Waals surface area contributed by atoms with Crippen LogP contribution in [-0.2, 0) is 19.1 Å². The van der Waals surface area contributed by atoms with Gasteiger partial charge in [-0.05, 0) is 93.3 Å². The van der Waals surface area contributed by atoms with Crippen LogP contribution in [0.3, 0.4) is 0 Å². The lowest BCUT2D eigenvalue weighted by atomic mass is 9.44. The van der Waals surface area contributed by atoms with Crippen molar-refractivity contribution in [3.8, 4) is 0 Å². The normalized spacial score (nSPS) is 41.8. The number of rotatable bonds is 9. The number of hydrogen-bond acceptors (Lipinski definition) is 5. The molecule has 264 valence electrons. The third-order valence-corrected chi connectivity index (χ3v) is 12.5. The van der Waals surface area contributed by atoms with Crippen molar-refractivity contribution in [3.63, 3.8) is 0 Å². The standard InChI is InChI=1S/C18H30N2O3.C17H29NO2.C2H6.3H2/c1-11(2)13-6-5-12(3)7-14(13)15(21)19-17-8-18(9-17,10-17)20-16(22)23-4;1-11(2)13-6-5-12(3)7-14(13)15(19)18-17-8-16(17,9-17)10-20-4;1-2;;;/h11-14H,5-10H2,1-4H3,(H,19,21)(H,20,22);11-14H,5-10H2,1-4H3,(H,18,19);1-2H3;3*1H/t12-,13+,14-,17?,18?;12-,13+,14-,16?,17?;;;;/m11..../s1. The van der Waals surface area contributed by atoms with Gasteiger partial charge in [0.25, 0.3) is 0 Å². The summed E-state index contributed by atoms with van der Waals surface area (Å²) in [4.78, 5) is 36.9. The quantitative estimate of drug-likeness (QED) is 0.242. The molecule has 8 heteroatoms. The van der Waals surface area contributed by atoms with E-state index >= 15 is 0 Å². The van der Waals surface area contributed by atoms with E-state index < -0.39 is 0 Å². The Bertz CT molecular complexity index is 1060. The second kappa shape index (κ2) is 13.7. The van der Waals surface area contributed by atoms with E-state index in [2.05, 4.69) is 62.2 Å². The predicted molar refractivity (Wildman–Crippen MR) is 185 cm³/mol.